The van der Waals surface area contributed by atoms with E-state index in [9.17, 15) is 4.79 Å². The van der Waals surface area contributed by atoms with E-state index in [1.54, 1.807) is 13.8 Å². The van der Waals surface area contributed by atoms with Crippen LogP contribution in [0.15, 0.2) is 28.7 Å². The summed E-state index contributed by atoms with van der Waals surface area (Å²) in [4.78, 5) is 11.0. The third-order valence-electron chi connectivity index (χ3n) is 2.80. The van der Waals surface area contributed by atoms with Gasteiger partial charge in [0.05, 0.1) is 5.41 Å². The maximum Gasteiger partial charge on any atom is 0.310 e. The molecule has 0 radical (unpaired) electrons. The summed E-state index contributed by atoms with van der Waals surface area (Å²) in [5.74, 6) is -0.784. The van der Waals surface area contributed by atoms with Crippen LogP contribution in [-0.2, 0) is 4.79 Å². The van der Waals surface area contributed by atoms with Crippen molar-refractivity contribution in [3.8, 4) is 0 Å². The Morgan fingerprint density at radius 1 is 1.41 bits per heavy atom. The third kappa shape index (κ3) is 4.13. The molecule has 0 aliphatic carbocycles. The lowest BCUT2D eigenvalue weighted by atomic mass is 9.93. The SMILES string of the molecule is C[C@@H](NCC(C)(C)C(=O)O)c1ccc(Br)cc1. The molecule has 0 saturated carbocycles. The molecule has 0 amide bonds. The van der Waals surface area contributed by atoms with Gasteiger partial charge in [0, 0.05) is 17.1 Å². The van der Waals surface area contributed by atoms with E-state index < -0.39 is 11.4 Å². The first kappa shape index (κ1) is 14.2. The summed E-state index contributed by atoms with van der Waals surface area (Å²) in [6.07, 6.45) is 0. The molecule has 3 nitrogen and oxygen atoms in total. The molecule has 0 bridgehead atoms. The molecule has 4 heteroatoms. The zero-order chi connectivity index (χ0) is 13.1. The second-order valence-electron chi connectivity index (χ2n) is 4.84. The predicted octanol–water partition coefficient (Wildman–Crippen LogP) is 3.21. The van der Waals surface area contributed by atoms with Gasteiger partial charge in [0.1, 0.15) is 0 Å². The highest BCUT2D eigenvalue weighted by molar-refractivity contribution is 9.10. The van der Waals surface area contributed by atoms with E-state index in [0.29, 0.717) is 6.54 Å². The van der Waals surface area contributed by atoms with Crippen molar-refractivity contribution in [3.63, 3.8) is 0 Å². The predicted molar refractivity (Wildman–Crippen MR) is 72.0 cm³/mol. The third-order valence-corrected chi connectivity index (χ3v) is 3.33. The van der Waals surface area contributed by atoms with E-state index in [-0.39, 0.29) is 6.04 Å². The topological polar surface area (TPSA) is 49.3 Å². The lowest BCUT2D eigenvalue weighted by molar-refractivity contribution is -0.146. The first-order chi connectivity index (χ1) is 7.83. The zero-order valence-electron chi connectivity index (χ0n) is 10.3. The van der Waals surface area contributed by atoms with Gasteiger partial charge in [-0.05, 0) is 38.5 Å². The van der Waals surface area contributed by atoms with Gasteiger partial charge in [-0.3, -0.25) is 4.79 Å². The summed E-state index contributed by atoms with van der Waals surface area (Å²) in [5.41, 5.74) is 0.401. The van der Waals surface area contributed by atoms with Crippen LogP contribution in [0.3, 0.4) is 0 Å². The molecule has 0 fully saturated rings. The van der Waals surface area contributed by atoms with Crippen LogP contribution < -0.4 is 5.32 Å². The molecule has 17 heavy (non-hydrogen) atoms. The van der Waals surface area contributed by atoms with Gasteiger partial charge in [-0.25, -0.2) is 0 Å². The molecule has 0 unspecified atom stereocenters. The largest absolute Gasteiger partial charge is 0.481 e. The highest BCUT2D eigenvalue weighted by atomic mass is 79.9. The van der Waals surface area contributed by atoms with Crippen molar-refractivity contribution in [2.45, 2.75) is 26.8 Å². The Balaban J connectivity index is 2.58. The lowest BCUT2D eigenvalue weighted by Crippen LogP contribution is -2.37. The molecule has 1 atom stereocenters. The maximum atomic E-state index is 11.0. The molecule has 2 N–H and O–H groups in total. The zero-order valence-corrected chi connectivity index (χ0v) is 11.9. The van der Waals surface area contributed by atoms with Crippen molar-refractivity contribution in [2.75, 3.05) is 6.54 Å². The van der Waals surface area contributed by atoms with Crippen LogP contribution in [0.5, 0.6) is 0 Å². The summed E-state index contributed by atoms with van der Waals surface area (Å²) in [7, 11) is 0. The lowest BCUT2D eigenvalue weighted by Gasteiger charge is -2.23. The second-order valence-corrected chi connectivity index (χ2v) is 5.76. The minimum Gasteiger partial charge on any atom is -0.481 e. The van der Waals surface area contributed by atoms with Gasteiger partial charge in [-0.15, -0.1) is 0 Å². The molecule has 1 rings (SSSR count). The fourth-order valence-electron chi connectivity index (χ4n) is 1.35. The maximum absolute atomic E-state index is 11.0. The average molecular weight is 300 g/mol. The number of rotatable bonds is 5. The molecular weight excluding hydrogens is 282 g/mol. The Hall–Kier alpha value is -0.870. The van der Waals surface area contributed by atoms with E-state index in [1.807, 2.05) is 31.2 Å². The van der Waals surface area contributed by atoms with Crippen LogP contribution in [0, 0.1) is 5.41 Å². The second kappa shape index (κ2) is 5.65. The standard InChI is InChI=1S/C13H18BrNO2/c1-9(10-4-6-11(14)7-5-10)15-8-13(2,3)12(16)17/h4-7,9,15H,8H2,1-3H3,(H,16,17)/t9-/m1/s1. The highest BCUT2D eigenvalue weighted by Crippen LogP contribution is 2.19. The highest BCUT2D eigenvalue weighted by Gasteiger charge is 2.27. The summed E-state index contributed by atoms with van der Waals surface area (Å²) in [6, 6.07) is 8.15. The van der Waals surface area contributed by atoms with Crippen molar-refractivity contribution in [3.05, 3.63) is 34.3 Å². The number of benzene rings is 1. The summed E-state index contributed by atoms with van der Waals surface area (Å²) < 4.78 is 1.04. The molecule has 0 aromatic heterocycles. The first-order valence-corrected chi connectivity index (χ1v) is 6.34. The normalized spacial score (nSPS) is 13.4. The smallest absolute Gasteiger partial charge is 0.310 e. The number of nitrogens with one attached hydrogen (secondary N) is 1. The van der Waals surface area contributed by atoms with Crippen LogP contribution in [-0.4, -0.2) is 17.6 Å². The van der Waals surface area contributed by atoms with Crippen LogP contribution in [0.25, 0.3) is 0 Å². The monoisotopic (exact) mass is 299 g/mol. The number of carboxylic acid groups (broad SMARTS) is 1. The summed E-state index contributed by atoms with van der Waals surface area (Å²) in [5, 5.41) is 12.3. The van der Waals surface area contributed by atoms with E-state index in [1.165, 1.54) is 0 Å². The molecule has 0 aliphatic heterocycles. The number of hydrogen-bond acceptors (Lipinski definition) is 2. The van der Waals surface area contributed by atoms with E-state index >= 15 is 0 Å². The minimum absolute atomic E-state index is 0.140. The van der Waals surface area contributed by atoms with Crippen molar-refractivity contribution >= 4 is 21.9 Å². The molecule has 0 heterocycles. The van der Waals surface area contributed by atoms with Crippen molar-refractivity contribution in [2.24, 2.45) is 5.41 Å². The van der Waals surface area contributed by atoms with Gasteiger partial charge in [-0.2, -0.15) is 0 Å². The Bertz CT molecular complexity index is 387. The molecule has 0 saturated heterocycles. The van der Waals surface area contributed by atoms with Gasteiger partial charge in [0.2, 0.25) is 0 Å². The average Bonchev–Trinajstić information content (AvgIpc) is 2.27. The Morgan fingerprint density at radius 2 is 1.94 bits per heavy atom. The van der Waals surface area contributed by atoms with Crippen LogP contribution in [0.2, 0.25) is 0 Å². The van der Waals surface area contributed by atoms with Crippen molar-refractivity contribution < 1.29 is 9.90 Å². The fraction of sp³-hybridized carbons (Fsp3) is 0.462. The molecule has 94 valence electrons. The quantitative estimate of drug-likeness (QED) is 0.878. The van der Waals surface area contributed by atoms with Gasteiger partial charge in [0.15, 0.2) is 0 Å². The Kier molecular flexibility index (Phi) is 4.71. The van der Waals surface area contributed by atoms with E-state index in [2.05, 4.69) is 21.2 Å². The van der Waals surface area contributed by atoms with Crippen LogP contribution >= 0.6 is 15.9 Å². The fourth-order valence-corrected chi connectivity index (χ4v) is 1.62. The Labute approximate surface area is 110 Å². The molecule has 0 spiro atoms. The molecule has 0 aliphatic rings. The van der Waals surface area contributed by atoms with E-state index in [0.717, 1.165) is 10.0 Å². The number of carboxylic acids is 1. The number of aliphatic carboxylic acids is 1. The number of halogens is 1. The van der Waals surface area contributed by atoms with Crippen molar-refractivity contribution in [1.29, 1.82) is 0 Å². The van der Waals surface area contributed by atoms with Crippen LogP contribution in [0.4, 0.5) is 0 Å². The van der Waals surface area contributed by atoms with E-state index in [4.69, 9.17) is 5.11 Å². The van der Waals surface area contributed by atoms with Gasteiger partial charge in [0.25, 0.3) is 0 Å². The number of hydrogen-bond donors (Lipinski definition) is 2. The first-order valence-electron chi connectivity index (χ1n) is 5.55. The number of carbonyl (C=O) groups is 1. The summed E-state index contributed by atoms with van der Waals surface area (Å²) >= 11 is 3.39. The van der Waals surface area contributed by atoms with Gasteiger partial charge >= 0.3 is 5.97 Å². The summed E-state index contributed by atoms with van der Waals surface area (Å²) in [6.45, 7) is 5.91. The van der Waals surface area contributed by atoms with Gasteiger partial charge in [-0.1, -0.05) is 28.1 Å². The molecular formula is C13H18BrNO2. The van der Waals surface area contributed by atoms with Gasteiger partial charge < -0.3 is 10.4 Å². The molecule has 1 aromatic carbocycles. The molecule has 1 aromatic rings. The minimum atomic E-state index is -0.784. The van der Waals surface area contributed by atoms with Crippen molar-refractivity contribution in [1.82, 2.24) is 5.32 Å². The Morgan fingerprint density at radius 3 is 2.41 bits per heavy atom. The van der Waals surface area contributed by atoms with Crippen LogP contribution in [0.1, 0.15) is 32.4 Å².